The fourth-order valence-electron chi connectivity index (χ4n) is 1.92. The molecule has 112 valence electrons. The molecule has 8 nitrogen and oxygen atoms in total. The second-order valence-electron chi connectivity index (χ2n) is 4.53. The van der Waals surface area contributed by atoms with Crippen LogP contribution in [0.1, 0.15) is 29.5 Å². The molecule has 0 radical (unpaired) electrons. The SMILES string of the molecule is CCn1cc(NC(=O)CCn2nccc2C(=O)O)c(C)n1. The minimum atomic E-state index is -1.06. The highest BCUT2D eigenvalue weighted by molar-refractivity contribution is 5.91. The van der Waals surface area contributed by atoms with Crippen LogP contribution in [0.25, 0.3) is 0 Å². The molecule has 0 bridgehead atoms. The largest absolute Gasteiger partial charge is 0.477 e. The van der Waals surface area contributed by atoms with Gasteiger partial charge in [-0.25, -0.2) is 4.79 Å². The van der Waals surface area contributed by atoms with E-state index in [9.17, 15) is 9.59 Å². The van der Waals surface area contributed by atoms with E-state index in [-0.39, 0.29) is 24.6 Å². The van der Waals surface area contributed by atoms with Gasteiger partial charge in [0.05, 0.1) is 17.9 Å². The van der Waals surface area contributed by atoms with Gasteiger partial charge in [-0.3, -0.25) is 14.2 Å². The predicted octanol–water partition coefficient (Wildman–Crippen LogP) is 1.13. The summed E-state index contributed by atoms with van der Waals surface area (Å²) in [5.74, 6) is -1.27. The molecular weight excluding hydrogens is 274 g/mol. The molecule has 2 rings (SSSR count). The summed E-state index contributed by atoms with van der Waals surface area (Å²) in [7, 11) is 0. The lowest BCUT2D eigenvalue weighted by atomic mass is 10.3. The van der Waals surface area contributed by atoms with Crippen molar-refractivity contribution in [3.8, 4) is 0 Å². The van der Waals surface area contributed by atoms with Gasteiger partial charge in [-0.1, -0.05) is 0 Å². The zero-order valence-corrected chi connectivity index (χ0v) is 11.9. The molecule has 2 aromatic heterocycles. The zero-order chi connectivity index (χ0) is 15.4. The van der Waals surface area contributed by atoms with Crippen LogP contribution in [0.15, 0.2) is 18.5 Å². The van der Waals surface area contributed by atoms with E-state index in [4.69, 9.17) is 5.11 Å². The fourth-order valence-corrected chi connectivity index (χ4v) is 1.92. The van der Waals surface area contributed by atoms with Gasteiger partial charge in [-0.15, -0.1) is 0 Å². The normalized spacial score (nSPS) is 10.6. The molecule has 0 atom stereocenters. The first-order chi connectivity index (χ1) is 10.0. The van der Waals surface area contributed by atoms with Crippen LogP contribution in [-0.2, 0) is 17.9 Å². The van der Waals surface area contributed by atoms with Gasteiger partial charge in [0.15, 0.2) is 0 Å². The number of hydrogen-bond donors (Lipinski definition) is 2. The number of carboxylic acid groups (broad SMARTS) is 1. The Bertz CT molecular complexity index is 659. The number of carboxylic acids is 1. The summed E-state index contributed by atoms with van der Waals surface area (Å²) in [6.07, 6.45) is 3.30. The summed E-state index contributed by atoms with van der Waals surface area (Å²) in [4.78, 5) is 22.8. The van der Waals surface area contributed by atoms with Crippen LogP contribution in [0.2, 0.25) is 0 Å². The molecule has 8 heteroatoms. The number of hydrogen-bond acceptors (Lipinski definition) is 4. The van der Waals surface area contributed by atoms with Crippen LogP contribution in [0.5, 0.6) is 0 Å². The Balaban J connectivity index is 1.94. The van der Waals surface area contributed by atoms with Crippen molar-refractivity contribution in [1.82, 2.24) is 19.6 Å². The monoisotopic (exact) mass is 291 g/mol. The summed E-state index contributed by atoms with van der Waals surface area (Å²) < 4.78 is 3.03. The number of aryl methyl sites for hydroxylation is 3. The Morgan fingerprint density at radius 1 is 1.43 bits per heavy atom. The Kier molecular flexibility index (Phi) is 4.36. The van der Waals surface area contributed by atoms with E-state index in [1.54, 1.807) is 10.9 Å². The fraction of sp³-hybridized carbons (Fsp3) is 0.385. The predicted molar refractivity (Wildman–Crippen MR) is 75.1 cm³/mol. The highest BCUT2D eigenvalue weighted by Gasteiger charge is 2.12. The summed E-state index contributed by atoms with van der Waals surface area (Å²) in [6, 6.07) is 1.40. The number of anilines is 1. The van der Waals surface area contributed by atoms with Gasteiger partial charge in [0.1, 0.15) is 5.69 Å². The third-order valence-corrected chi connectivity index (χ3v) is 3.03. The number of amides is 1. The van der Waals surface area contributed by atoms with Gasteiger partial charge in [-0.05, 0) is 19.9 Å². The van der Waals surface area contributed by atoms with Crippen molar-refractivity contribution in [2.45, 2.75) is 33.4 Å². The van der Waals surface area contributed by atoms with Gasteiger partial charge in [0.25, 0.3) is 0 Å². The summed E-state index contributed by atoms with van der Waals surface area (Å²) >= 11 is 0. The van der Waals surface area contributed by atoms with E-state index in [2.05, 4.69) is 15.5 Å². The second kappa shape index (κ2) is 6.21. The first kappa shape index (κ1) is 14.8. The van der Waals surface area contributed by atoms with Gasteiger partial charge in [-0.2, -0.15) is 10.2 Å². The van der Waals surface area contributed by atoms with Gasteiger partial charge in [0, 0.05) is 25.4 Å². The molecule has 2 heterocycles. The molecular formula is C13H17N5O3. The molecule has 0 fully saturated rings. The van der Waals surface area contributed by atoms with E-state index < -0.39 is 5.97 Å². The van der Waals surface area contributed by atoms with E-state index in [1.165, 1.54) is 16.9 Å². The molecule has 0 saturated carbocycles. The highest BCUT2D eigenvalue weighted by Crippen LogP contribution is 2.12. The Morgan fingerprint density at radius 2 is 2.19 bits per heavy atom. The minimum absolute atomic E-state index is 0.0674. The van der Waals surface area contributed by atoms with Crippen molar-refractivity contribution < 1.29 is 14.7 Å². The van der Waals surface area contributed by atoms with Gasteiger partial charge in [0.2, 0.25) is 5.91 Å². The minimum Gasteiger partial charge on any atom is -0.477 e. The van der Waals surface area contributed by atoms with Crippen molar-refractivity contribution in [3.63, 3.8) is 0 Å². The number of nitrogens with one attached hydrogen (secondary N) is 1. The first-order valence-corrected chi connectivity index (χ1v) is 6.60. The molecule has 0 spiro atoms. The van der Waals surface area contributed by atoms with Crippen molar-refractivity contribution >= 4 is 17.6 Å². The lowest BCUT2D eigenvalue weighted by molar-refractivity contribution is -0.116. The number of carbonyl (C=O) groups excluding carboxylic acids is 1. The van der Waals surface area contributed by atoms with E-state index in [1.807, 2.05) is 13.8 Å². The van der Waals surface area contributed by atoms with Gasteiger partial charge >= 0.3 is 5.97 Å². The molecule has 2 aromatic rings. The highest BCUT2D eigenvalue weighted by atomic mass is 16.4. The van der Waals surface area contributed by atoms with Crippen molar-refractivity contribution in [3.05, 3.63) is 29.8 Å². The summed E-state index contributed by atoms with van der Waals surface area (Å²) in [5, 5.41) is 19.8. The van der Waals surface area contributed by atoms with Gasteiger partial charge < -0.3 is 10.4 Å². The average molecular weight is 291 g/mol. The number of rotatable bonds is 6. The zero-order valence-electron chi connectivity index (χ0n) is 11.9. The van der Waals surface area contributed by atoms with Crippen LogP contribution in [0.4, 0.5) is 5.69 Å². The van der Waals surface area contributed by atoms with E-state index in [0.29, 0.717) is 5.69 Å². The third kappa shape index (κ3) is 3.47. The smallest absolute Gasteiger partial charge is 0.354 e. The lowest BCUT2D eigenvalue weighted by Crippen LogP contribution is -2.17. The molecule has 0 aliphatic rings. The summed E-state index contributed by atoms with van der Waals surface area (Å²) in [5.41, 5.74) is 1.48. The average Bonchev–Trinajstić information content (AvgIpc) is 3.03. The Labute approximate surface area is 121 Å². The third-order valence-electron chi connectivity index (χ3n) is 3.03. The van der Waals surface area contributed by atoms with Crippen LogP contribution in [-0.4, -0.2) is 36.5 Å². The van der Waals surface area contributed by atoms with Crippen LogP contribution in [0, 0.1) is 6.92 Å². The number of nitrogens with zero attached hydrogens (tertiary/aromatic N) is 4. The first-order valence-electron chi connectivity index (χ1n) is 6.60. The van der Waals surface area contributed by atoms with Crippen molar-refractivity contribution in [2.24, 2.45) is 0 Å². The molecule has 0 saturated heterocycles. The molecule has 0 unspecified atom stereocenters. The van der Waals surface area contributed by atoms with Crippen molar-refractivity contribution in [1.29, 1.82) is 0 Å². The number of aromatic carboxylic acids is 1. The van der Waals surface area contributed by atoms with Crippen LogP contribution in [0.3, 0.4) is 0 Å². The van der Waals surface area contributed by atoms with Crippen molar-refractivity contribution in [2.75, 3.05) is 5.32 Å². The maximum atomic E-state index is 11.9. The number of carbonyl (C=O) groups is 2. The molecule has 0 aliphatic carbocycles. The summed E-state index contributed by atoms with van der Waals surface area (Å²) in [6.45, 7) is 4.72. The standard InChI is InChI=1S/C13H17N5O3/c1-3-17-8-10(9(2)16-17)15-12(19)5-7-18-11(13(20)21)4-6-14-18/h4,6,8H,3,5,7H2,1-2H3,(H,15,19)(H,20,21). The molecule has 0 aromatic carbocycles. The quantitative estimate of drug-likeness (QED) is 0.830. The molecule has 2 N–H and O–H groups in total. The van der Waals surface area contributed by atoms with Crippen LogP contribution >= 0.6 is 0 Å². The Hall–Kier alpha value is -2.64. The van der Waals surface area contributed by atoms with E-state index >= 15 is 0 Å². The second-order valence-corrected chi connectivity index (χ2v) is 4.53. The number of aromatic nitrogens is 4. The van der Waals surface area contributed by atoms with Crippen LogP contribution < -0.4 is 5.32 Å². The lowest BCUT2D eigenvalue weighted by Gasteiger charge is -2.05. The molecule has 1 amide bonds. The molecule has 21 heavy (non-hydrogen) atoms. The maximum Gasteiger partial charge on any atom is 0.354 e. The van der Waals surface area contributed by atoms with E-state index in [0.717, 1.165) is 12.2 Å². The topological polar surface area (TPSA) is 102 Å². The molecule has 0 aliphatic heterocycles. The Morgan fingerprint density at radius 3 is 2.81 bits per heavy atom. The maximum absolute atomic E-state index is 11.9.